The summed E-state index contributed by atoms with van der Waals surface area (Å²) in [6, 6.07) is 0. The van der Waals surface area contributed by atoms with Gasteiger partial charge in [-0.1, -0.05) is 31.2 Å². The molecule has 2 aromatic rings. The number of aromatic nitrogens is 4. The molecule has 17 heavy (non-hydrogen) atoms. The Morgan fingerprint density at radius 1 is 1.29 bits per heavy atom. The van der Waals surface area contributed by atoms with Crippen molar-refractivity contribution >= 4 is 30.8 Å². The lowest BCUT2D eigenvalue weighted by atomic mass is 10.5. The minimum absolute atomic E-state index is 0.357. The van der Waals surface area contributed by atoms with Crippen molar-refractivity contribution in [3.05, 3.63) is 17.3 Å². The summed E-state index contributed by atoms with van der Waals surface area (Å²) in [6.45, 7) is 6.51. The smallest absolute Gasteiger partial charge is 0.207 e. The van der Waals surface area contributed by atoms with E-state index < -0.39 is 8.07 Å². The molecule has 2 heterocycles. The standard InChI is InChI=1S/C11H13ClN4Si/c1-16-7-13-9-10(12)14-8(15-11(9)16)5-6-17(2,3)4/h7H,1-4H3. The fourth-order valence-electron chi connectivity index (χ4n) is 1.27. The highest BCUT2D eigenvalue weighted by molar-refractivity contribution is 6.83. The molecule has 0 aliphatic carbocycles. The van der Waals surface area contributed by atoms with E-state index in [2.05, 4.69) is 46.1 Å². The molecule has 0 atom stereocenters. The summed E-state index contributed by atoms with van der Waals surface area (Å²) < 4.78 is 1.81. The fraction of sp³-hybridized carbons (Fsp3) is 0.364. The Morgan fingerprint density at radius 3 is 2.65 bits per heavy atom. The van der Waals surface area contributed by atoms with E-state index in [1.165, 1.54) is 0 Å². The van der Waals surface area contributed by atoms with Crippen LogP contribution in [0.5, 0.6) is 0 Å². The highest BCUT2D eigenvalue weighted by Gasteiger charge is 2.11. The van der Waals surface area contributed by atoms with Crippen LogP contribution in [-0.2, 0) is 7.05 Å². The van der Waals surface area contributed by atoms with Crippen LogP contribution in [0.4, 0.5) is 0 Å². The molecule has 0 amide bonds. The van der Waals surface area contributed by atoms with Gasteiger partial charge in [0.25, 0.3) is 0 Å². The summed E-state index contributed by atoms with van der Waals surface area (Å²) in [5, 5.41) is 0.357. The van der Waals surface area contributed by atoms with Crippen molar-refractivity contribution in [2.24, 2.45) is 7.05 Å². The van der Waals surface area contributed by atoms with Gasteiger partial charge in [-0.15, -0.1) is 5.54 Å². The highest BCUT2D eigenvalue weighted by Crippen LogP contribution is 2.17. The van der Waals surface area contributed by atoms with E-state index >= 15 is 0 Å². The van der Waals surface area contributed by atoms with Crippen LogP contribution in [0.2, 0.25) is 24.8 Å². The maximum Gasteiger partial charge on any atom is 0.207 e. The lowest BCUT2D eigenvalue weighted by molar-refractivity contribution is 0.926. The van der Waals surface area contributed by atoms with E-state index in [4.69, 9.17) is 11.6 Å². The van der Waals surface area contributed by atoms with Crippen LogP contribution in [0.3, 0.4) is 0 Å². The van der Waals surface area contributed by atoms with Gasteiger partial charge in [0.15, 0.2) is 10.8 Å². The van der Waals surface area contributed by atoms with E-state index in [-0.39, 0.29) is 0 Å². The zero-order chi connectivity index (χ0) is 12.6. The first-order chi connectivity index (χ1) is 7.87. The second-order valence-electron chi connectivity index (χ2n) is 4.87. The molecule has 0 bridgehead atoms. The van der Waals surface area contributed by atoms with Gasteiger partial charge >= 0.3 is 0 Å². The molecule has 0 radical (unpaired) electrons. The van der Waals surface area contributed by atoms with E-state index in [0.29, 0.717) is 22.1 Å². The first-order valence-electron chi connectivity index (χ1n) is 5.24. The maximum atomic E-state index is 6.04. The number of imidazole rings is 1. The third-order valence-electron chi connectivity index (χ3n) is 2.07. The molecule has 0 fully saturated rings. The van der Waals surface area contributed by atoms with Crippen molar-refractivity contribution in [1.82, 2.24) is 19.5 Å². The largest absolute Gasteiger partial charge is 0.318 e. The Bertz CT molecular complexity index is 630. The fourth-order valence-corrected chi connectivity index (χ4v) is 1.97. The van der Waals surface area contributed by atoms with Crippen molar-refractivity contribution in [3.63, 3.8) is 0 Å². The van der Waals surface area contributed by atoms with Gasteiger partial charge in [-0.25, -0.2) is 15.0 Å². The maximum absolute atomic E-state index is 6.04. The Hall–Kier alpha value is -1.38. The number of halogens is 1. The third-order valence-corrected chi connectivity index (χ3v) is 3.21. The number of nitrogens with zero attached hydrogens (tertiary/aromatic N) is 4. The molecule has 4 nitrogen and oxygen atoms in total. The van der Waals surface area contributed by atoms with Crippen molar-refractivity contribution in [2.45, 2.75) is 19.6 Å². The lowest BCUT2D eigenvalue weighted by Crippen LogP contribution is -2.16. The van der Waals surface area contributed by atoms with Gasteiger partial charge in [-0.2, -0.15) is 0 Å². The van der Waals surface area contributed by atoms with Crippen LogP contribution in [0.25, 0.3) is 11.2 Å². The molecule has 0 aliphatic heterocycles. The average Bonchev–Trinajstić information content (AvgIpc) is 2.57. The second-order valence-corrected chi connectivity index (χ2v) is 9.97. The summed E-state index contributed by atoms with van der Waals surface area (Å²) in [5.74, 6) is 3.46. The van der Waals surface area contributed by atoms with Crippen LogP contribution in [0, 0.1) is 11.5 Å². The van der Waals surface area contributed by atoms with Crippen molar-refractivity contribution in [1.29, 1.82) is 0 Å². The molecular formula is C11H13ClN4Si. The van der Waals surface area contributed by atoms with Crippen molar-refractivity contribution in [3.8, 4) is 11.5 Å². The monoisotopic (exact) mass is 264 g/mol. The quantitative estimate of drug-likeness (QED) is 0.416. The van der Waals surface area contributed by atoms with Crippen molar-refractivity contribution in [2.75, 3.05) is 0 Å². The molecule has 0 saturated carbocycles. The molecule has 0 unspecified atom stereocenters. The van der Waals surface area contributed by atoms with E-state index in [0.717, 1.165) is 0 Å². The van der Waals surface area contributed by atoms with Crippen LogP contribution in [-0.4, -0.2) is 27.6 Å². The van der Waals surface area contributed by atoms with Crippen LogP contribution < -0.4 is 0 Å². The Morgan fingerprint density at radius 2 is 2.00 bits per heavy atom. The molecule has 0 spiro atoms. The average molecular weight is 265 g/mol. The molecule has 2 rings (SSSR count). The molecule has 0 N–H and O–H groups in total. The highest BCUT2D eigenvalue weighted by atomic mass is 35.5. The predicted octanol–water partition coefficient (Wildman–Crippen LogP) is 2.25. The Labute approximate surface area is 106 Å². The van der Waals surface area contributed by atoms with Gasteiger partial charge in [-0.3, -0.25) is 0 Å². The minimum atomic E-state index is -1.43. The first kappa shape index (κ1) is 12.1. The minimum Gasteiger partial charge on any atom is -0.318 e. The number of fused-ring (bicyclic) bond motifs is 1. The number of rotatable bonds is 0. The first-order valence-corrected chi connectivity index (χ1v) is 9.12. The summed E-state index contributed by atoms with van der Waals surface area (Å²) in [5.41, 5.74) is 4.55. The van der Waals surface area contributed by atoms with Crippen molar-refractivity contribution < 1.29 is 0 Å². The number of aryl methyl sites for hydroxylation is 1. The van der Waals surface area contributed by atoms with E-state index in [9.17, 15) is 0 Å². The molecule has 88 valence electrons. The molecule has 0 aromatic carbocycles. The summed E-state index contributed by atoms with van der Waals surface area (Å²) in [7, 11) is 0.440. The van der Waals surface area contributed by atoms with Gasteiger partial charge < -0.3 is 4.57 Å². The van der Waals surface area contributed by atoms with Gasteiger partial charge in [0, 0.05) is 7.05 Å². The molecule has 0 saturated heterocycles. The van der Waals surface area contributed by atoms with Gasteiger partial charge in [0.05, 0.1) is 6.33 Å². The molecule has 2 aromatic heterocycles. The van der Waals surface area contributed by atoms with Crippen LogP contribution >= 0.6 is 11.6 Å². The predicted molar refractivity (Wildman–Crippen MR) is 71.5 cm³/mol. The normalized spacial score (nSPS) is 11.4. The third kappa shape index (κ3) is 2.65. The van der Waals surface area contributed by atoms with Crippen LogP contribution in [0.15, 0.2) is 6.33 Å². The molecule has 0 aliphatic rings. The van der Waals surface area contributed by atoms with E-state index in [1.807, 2.05) is 11.6 Å². The van der Waals surface area contributed by atoms with Gasteiger partial charge in [0.2, 0.25) is 5.82 Å². The molecule has 6 heteroatoms. The SMILES string of the molecule is Cn1cnc2c(Cl)nc(C#C[Si](C)(C)C)nc21. The Kier molecular flexibility index (Phi) is 2.94. The second kappa shape index (κ2) is 4.13. The number of hydrogen-bond acceptors (Lipinski definition) is 3. The number of hydrogen-bond donors (Lipinski definition) is 0. The van der Waals surface area contributed by atoms with Gasteiger partial charge in [-0.05, 0) is 5.92 Å². The zero-order valence-electron chi connectivity index (χ0n) is 10.2. The summed E-state index contributed by atoms with van der Waals surface area (Å²) >= 11 is 6.04. The van der Waals surface area contributed by atoms with Crippen LogP contribution in [0.1, 0.15) is 5.82 Å². The molecular weight excluding hydrogens is 252 g/mol. The zero-order valence-corrected chi connectivity index (χ0v) is 12.0. The Balaban J connectivity index is 2.56. The summed E-state index contributed by atoms with van der Waals surface area (Å²) in [6.07, 6.45) is 1.67. The van der Waals surface area contributed by atoms with Gasteiger partial charge in [0.1, 0.15) is 13.6 Å². The summed E-state index contributed by atoms with van der Waals surface area (Å²) in [4.78, 5) is 12.6. The topological polar surface area (TPSA) is 43.6 Å². The van der Waals surface area contributed by atoms with E-state index in [1.54, 1.807) is 6.33 Å². The lowest BCUT2D eigenvalue weighted by Gasteiger charge is -2.03.